The van der Waals surface area contributed by atoms with Crippen molar-refractivity contribution in [3.63, 3.8) is 0 Å². The van der Waals surface area contributed by atoms with E-state index < -0.39 is 5.41 Å². The van der Waals surface area contributed by atoms with Crippen molar-refractivity contribution >= 4 is 23.1 Å². The Morgan fingerprint density at radius 1 is 1.61 bits per heavy atom. The average molecular weight is 271 g/mol. The van der Waals surface area contributed by atoms with E-state index in [-0.39, 0.29) is 10.9 Å². The van der Waals surface area contributed by atoms with E-state index in [1.165, 1.54) is 12.8 Å². The molecular weight excluding hydrogens is 246 g/mol. The van der Waals surface area contributed by atoms with E-state index in [1.807, 2.05) is 13.8 Å². The van der Waals surface area contributed by atoms with E-state index in [1.54, 1.807) is 0 Å². The molecule has 0 aromatic heterocycles. The summed E-state index contributed by atoms with van der Waals surface area (Å²) >= 11 is 5.00. The number of amides is 1. The molecule has 1 amide bonds. The normalized spacial score (nSPS) is 24.3. The molecule has 104 valence electrons. The molecule has 1 aliphatic rings. The summed E-state index contributed by atoms with van der Waals surface area (Å²) in [6.07, 6.45) is 3.02. The van der Waals surface area contributed by atoms with Gasteiger partial charge in [0.05, 0.1) is 10.4 Å². The van der Waals surface area contributed by atoms with E-state index in [4.69, 9.17) is 18.0 Å². The maximum Gasteiger partial charge on any atom is 0.232 e. The molecule has 1 saturated heterocycles. The van der Waals surface area contributed by atoms with E-state index in [0.717, 1.165) is 19.6 Å². The molecule has 0 radical (unpaired) electrons. The molecule has 0 bridgehead atoms. The Labute approximate surface area is 115 Å². The smallest absolute Gasteiger partial charge is 0.232 e. The zero-order valence-corrected chi connectivity index (χ0v) is 12.5. The minimum atomic E-state index is -0.712. The highest BCUT2D eigenvalue weighted by Crippen LogP contribution is 2.22. The topological polar surface area (TPSA) is 58.4 Å². The van der Waals surface area contributed by atoms with E-state index in [9.17, 15) is 4.79 Å². The zero-order chi connectivity index (χ0) is 13.8. The van der Waals surface area contributed by atoms with Gasteiger partial charge in [-0.1, -0.05) is 19.1 Å². The van der Waals surface area contributed by atoms with E-state index in [0.29, 0.717) is 12.3 Å². The van der Waals surface area contributed by atoms with Crippen molar-refractivity contribution in [2.24, 2.45) is 17.1 Å². The van der Waals surface area contributed by atoms with Crippen LogP contribution in [0.25, 0.3) is 0 Å². The van der Waals surface area contributed by atoms with E-state index in [2.05, 4.69) is 17.3 Å². The first-order chi connectivity index (χ1) is 8.40. The van der Waals surface area contributed by atoms with Gasteiger partial charge in [0, 0.05) is 13.1 Å². The quantitative estimate of drug-likeness (QED) is 0.736. The van der Waals surface area contributed by atoms with Crippen molar-refractivity contribution in [2.75, 3.05) is 26.7 Å². The van der Waals surface area contributed by atoms with Gasteiger partial charge in [-0.2, -0.15) is 0 Å². The molecule has 18 heavy (non-hydrogen) atoms. The second kappa shape index (κ2) is 6.48. The molecule has 5 heteroatoms. The summed E-state index contributed by atoms with van der Waals surface area (Å²) in [6.45, 7) is 6.69. The molecule has 0 saturated carbocycles. The average Bonchev–Trinajstić information content (AvgIpc) is 2.34. The van der Waals surface area contributed by atoms with Crippen molar-refractivity contribution in [1.29, 1.82) is 0 Å². The lowest BCUT2D eigenvalue weighted by Gasteiger charge is -2.31. The van der Waals surface area contributed by atoms with Gasteiger partial charge in [-0.25, -0.2) is 0 Å². The summed E-state index contributed by atoms with van der Waals surface area (Å²) in [5.41, 5.74) is 4.96. The van der Waals surface area contributed by atoms with Crippen molar-refractivity contribution in [1.82, 2.24) is 10.2 Å². The SMILES string of the molecule is CCC(C)(C(=O)NCC1CCCN(C)C1)C(N)=S. The van der Waals surface area contributed by atoms with Crippen LogP contribution >= 0.6 is 12.2 Å². The third-order valence-electron chi connectivity index (χ3n) is 4.03. The number of carbonyl (C=O) groups excluding carboxylic acids is 1. The van der Waals surface area contributed by atoms with Crippen molar-refractivity contribution < 1.29 is 4.79 Å². The number of likely N-dealkylation sites (tertiary alicyclic amines) is 1. The summed E-state index contributed by atoms with van der Waals surface area (Å²) in [7, 11) is 2.12. The van der Waals surface area contributed by atoms with Crippen LogP contribution in [0.1, 0.15) is 33.1 Å². The van der Waals surface area contributed by atoms with Gasteiger partial charge in [0.25, 0.3) is 0 Å². The van der Waals surface area contributed by atoms with Crippen molar-refractivity contribution in [2.45, 2.75) is 33.1 Å². The van der Waals surface area contributed by atoms with Crippen LogP contribution in [0.4, 0.5) is 0 Å². The van der Waals surface area contributed by atoms with Crippen LogP contribution in [0.2, 0.25) is 0 Å². The summed E-state index contributed by atoms with van der Waals surface area (Å²) in [5, 5.41) is 3.01. The number of carbonyl (C=O) groups is 1. The predicted octanol–water partition coefficient (Wildman–Crippen LogP) is 1.15. The second-order valence-electron chi connectivity index (χ2n) is 5.53. The first-order valence-corrected chi connectivity index (χ1v) is 7.07. The number of nitrogens with two attached hydrogens (primary N) is 1. The lowest BCUT2D eigenvalue weighted by molar-refractivity contribution is -0.127. The Morgan fingerprint density at radius 3 is 2.78 bits per heavy atom. The largest absolute Gasteiger partial charge is 0.392 e. The molecule has 4 nitrogen and oxygen atoms in total. The van der Waals surface area contributed by atoms with Crippen molar-refractivity contribution in [3.05, 3.63) is 0 Å². The van der Waals surface area contributed by atoms with Gasteiger partial charge in [-0.3, -0.25) is 4.79 Å². The Bertz CT molecular complexity index is 321. The number of nitrogens with one attached hydrogen (secondary N) is 1. The molecule has 1 aliphatic heterocycles. The predicted molar refractivity (Wildman–Crippen MR) is 78.4 cm³/mol. The molecule has 0 aromatic carbocycles. The van der Waals surface area contributed by atoms with Crippen LogP contribution in [0.15, 0.2) is 0 Å². The number of rotatable bonds is 5. The minimum absolute atomic E-state index is 0.0364. The van der Waals surface area contributed by atoms with Crippen LogP contribution < -0.4 is 11.1 Å². The standard InChI is InChI=1S/C13H25N3OS/c1-4-13(2,11(14)18)12(17)15-8-10-6-5-7-16(3)9-10/h10H,4-9H2,1-3H3,(H2,14,18)(H,15,17). The van der Waals surface area contributed by atoms with E-state index >= 15 is 0 Å². The number of hydrogen-bond acceptors (Lipinski definition) is 3. The number of nitrogens with zero attached hydrogens (tertiary/aromatic N) is 1. The monoisotopic (exact) mass is 271 g/mol. The molecule has 3 N–H and O–H groups in total. The molecule has 2 atom stereocenters. The van der Waals surface area contributed by atoms with Crippen LogP contribution in [0.5, 0.6) is 0 Å². The number of thiocarbonyl (C=S) groups is 1. The molecule has 1 fully saturated rings. The molecule has 0 aliphatic carbocycles. The van der Waals surface area contributed by atoms with Crippen LogP contribution in [0.3, 0.4) is 0 Å². The summed E-state index contributed by atoms with van der Waals surface area (Å²) in [6, 6.07) is 0. The van der Waals surface area contributed by atoms with Crippen LogP contribution in [-0.4, -0.2) is 42.5 Å². The van der Waals surface area contributed by atoms with Gasteiger partial charge in [0.15, 0.2) is 0 Å². The highest BCUT2D eigenvalue weighted by Gasteiger charge is 2.34. The lowest BCUT2D eigenvalue weighted by Crippen LogP contribution is -2.48. The van der Waals surface area contributed by atoms with Gasteiger partial charge in [0.2, 0.25) is 5.91 Å². The lowest BCUT2D eigenvalue weighted by atomic mass is 9.86. The number of piperidine rings is 1. The summed E-state index contributed by atoms with van der Waals surface area (Å²) in [4.78, 5) is 14.8. The fourth-order valence-corrected chi connectivity index (χ4v) is 2.56. The molecule has 2 unspecified atom stereocenters. The van der Waals surface area contributed by atoms with Gasteiger partial charge in [-0.15, -0.1) is 0 Å². The van der Waals surface area contributed by atoms with Crippen LogP contribution in [-0.2, 0) is 4.79 Å². The molecule has 0 spiro atoms. The maximum atomic E-state index is 12.2. The molecule has 1 heterocycles. The highest BCUT2D eigenvalue weighted by molar-refractivity contribution is 7.80. The fraction of sp³-hybridized carbons (Fsp3) is 0.846. The van der Waals surface area contributed by atoms with Gasteiger partial charge in [-0.05, 0) is 45.7 Å². The Kier molecular flexibility index (Phi) is 5.53. The second-order valence-corrected chi connectivity index (χ2v) is 5.97. The van der Waals surface area contributed by atoms with Crippen LogP contribution in [0, 0.1) is 11.3 Å². The van der Waals surface area contributed by atoms with Crippen molar-refractivity contribution in [3.8, 4) is 0 Å². The first-order valence-electron chi connectivity index (χ1n) is 6.67. The molecule has 1 rings (SSSR count). The Morgan fingerprint density at radius 2 is 2.28 bits per heavy atom. The first kappa shape index (κ1) is 15.4. The summed E-state index contributed by atoms with van der Waals surface area (Å²) in [5.74, 6) is 0.505. The third-order valence-corrected chi connectivity index (χ3v) is 4.48. The zero-order valence-electron chi connectivity index (χ0n) is 11.7. The summed E-state index contributed by atoms with van der Waals surface area (Å²) < 4.78 is 0. The highest BCUT2D eigenvalue weighted by atomic mass is 32.1. The Hall–Kier alpha value is -0.680. The maximum absolute atomic E-state index is 12.2. The minimum Gasteiger partial charge on any atom is -0.392 e. The number of hydrogen-bond donors (Lipinski definition) is 2. The third kappa shape index (κ3) is 3.65. The van der Waals surface area contributed by atoms with Gasteiger partial charge < -0.3 is 16.0 Å². The molecule has 0 aromatic rings. The Balaban J connectivity index is 2.47. The fourth-order valence-electron chi connectivity index (χ4n) is 2.32. The van der Waals surface area contributed by atoms with Gasteiger partial charge in [0.1, 0.15) is 0 Å². The molecular formula is C13H25N3OS. The van der Waals surface area contributed by atoms with Gasteiger partial charge >= 0.3 is 0 Å².